The van der Waals surface area contributed by atoms with Gasteiger partial charge in [-0.1, -0.05) is 30.3 Å². The Kier molecular flexibility index (Phi) is 9.92. The number of hydrazine groups is 1. The summed E-state index contributed by atoms with van der Waals surface area (Å²) in [6.45, 7) is 1.58. The van der Waals surface area contributed by atoms with Crippen LogP contribution in [0.15, 0.2) is 30.3 Å². The fourth-order valence-electron chi connectivity index (χ4n) is 1.47. The number of carbonyl (C=O) groups is 3. The van der Waals surface area contributed by atoms with Crippen LogP contribution >= 0.6 is 0 Å². The van der Waals surface area contributed by atoms with Gasteiger partial charge in [0.15, 0.2) is 0 Å². The van der Waals surface area contributed by atoms with Crippen molar-refractivity contribution in [2.24, 2.45) is 5.73 Å². The molecule has 0 aliphatic heterocycles. The molecule has 0 radical (unpaired) electrons. The molecule has 1 amide bonds. The molecule has 0 spiro atoms. The molecule has 0 aromatic heterocycles. The number of carboxylic acid groups (broad SMARTS) is 1. The van der Waals surface area contributed by atoms with Crippen LogP contribution in [0.25, 0.3) is 0 Å². The molecule has 0 bridgehead atoms. The van der Waals surface area contributed by atoms with Crippen LogP contribution in [0.1, 0.15) is 12.5 Å². The van der Waals surface area contributed by atoms with Gasteiger partial charge >= 0.3 is 18.1 Å². The van der Waals surface area contributed by atoms with Crippen molar-refractivity contribution < 1.29 is 37.4 Å². The van der Waals surface area contributed by atoms with E-state index in [9.17, 15) is 22.8 Å². The first-order chi connectivity index (χ1) is 12.0. The van der Waals surface area contributed by atoms with Crippen molar-refractivity contribution in [3.8, 4) is 0 Å². The van der Waals surface area contributed by atoms with E-state index in [1.165, 1.54) is 7.11 Å². The Balaban J connectivity index is 0.000000758. The molecule has 0 aliphatic rings. The zero-order valence-corrected chi connectivity index (χ0v) is 14.0. The van der Waals surface area contributed by atoms with Crippen molar-refractivity contribution in [3.63, 3.8) is 0 Å². The zero-order chi connectivity index (χ0) is 20.3. The fraction of sp³-hybridized carbons (Fsp3) is 0.400. The van der Waals surface area contributed by atoms with Gasteiger partial charge < -0.3 is 15.6 Å². The number of ether oxygens (including phenoxy) is 1. The molecule has 146 valence electrons. The average molecular weight is 379 g/mol. The number of rotatable bonds is 6. The first-order valence-electron chi connectivity index (χ1n) is 7.21. The van der Waals surface area contributed by atoms with Gasteiger partial charge in [0.25, 0.3) is 5.91 Å². The van der Waals surface area contributed by atoms with E-state index >= 15 is 0 Å². The monoisotopic (exact) mass is 379 g/mol. The van der Waals surface area contributed by atoms with Crippen LogP contribution < -0.4 is 16.6 Å². The number of amides is 1. The maximum Gasteiger partial charge on any atom is 0.490 e. The van der Waals surface area contributed by atoms with Gasteiger partial charge in [0.1, 0.15) is 6.04 Å². The van der Waals surface area contributed by atoms with Gasteiger partial charge in [-0.15, -0.1) is 0 Å². The zero-order valence-electron chi connectivity index (χ0n) is 14.0. The summed E-state index contributed by atoms with van der Waals surface area (Å²) in [5, 5.41) is 7.12. The fourth-order valence-corrected chi connectivity index (χ4v) is 1.47. The van der Waals surface area contributed by atoms with Gasteiger partial charge in [0.05, 0.1) is 13.2 Å². The topological polar surface area (TPSA) is 131 Å². The lowest BCUT2D eigenvalue weighted by molar-refractivity contribution is -0.192. The number of alkyl halides is 3. The van der Waals surface area contributed by atoms with Crippen molar-refractivity contribution in [3.05, 3.63) is 35.9 Å². The van der Waals surface area contributed by atoms with Crippen LogP contribution in [0.2, 0.25) is 0 Å². The molecule has 1 aromatic rings. The standard InChI is InChI=1S/C13H19N3O3.C2HF3O2/c1-9(13(18)19-2)15-16-12(17)11(14)8-10-6-4-3-5-7-10;3-2(4,5)1(6)7/h3-7,9,11,15H,8,14H2,1-2H3,(H,16,17);(H,6,7)/t9-,11+;/m1./s1. The highest BCUT2D eigenvalue weighted by molar-refractivity contribution is 5.82. The van der Waals surface area contributed by atoms with E-state index in [1.54, 1.807) is 6.92 Å². The molecule has 1 aromatic carbocycles. The molecule has 26 heavy (non-hydrogen) atoms. The number of aliphatic carboxylic acids is 1. The number of nitrogens with two attached hydrogens (primary N) is 1. The van der Waals surface area contributed by atoms with E-state index in [0.29, 0.717) is 6.42 Å². The van der Waals surface area contributed by atoms with Gasteiger partial charge in [-0.05, 0) is 18.9 Å². The Bertz CT molecular complexity index is 596. The van der Waals surface area contributed by atoms with E-state index in [0.717, 1.165) is 5.56 Å². The predicted octanol–water partition coefficient (Wildman–Crippen LogP) is 0.372. The summed E-state index contributed by atoms with van der Waals surface area (Å²) in [6.07, 6.45) is -4.65. The van der Waals surface area contributed by atoms with Gasteiger partial charge in [-0.3, -0.25) is 15.0 Å². The number of methoxy groups -OCH3 is 1. The summed E-state index contributed by atoms with van der Waals surface area (Å²) in [5.74, 6) is -3.59. The number of halogens is 3. The molecule has 0 heterocycles. The molecular weight excluding hydrogens is 359 g/mol. The van der Waals surface area contributed by atoms with Crippen molar-refractivity contribution in [1.29, 1.82) is 0 Å². The van der Waals surface area contributed by atoms with Crippen molar-refractivity contribution in [1.82, 2.24) is 10.9 Å². The second-order valence-electron chi connectivity index (χ2n) is 4.98. The second-order valence-corrected chi connectivity index (χ2v) is 4.98. The summed E-state index contributed by atoms with van der Waals surface area (Å²) < 4.78 is 36.3. The Hall–Kier alpha value is -2.66. The van der Waals surface area contributed by atoms with Gasteiger partial charge in [-0.2, -0.15) is 13.2 Å². The Morgan fingerprint density at radius 2 is 1.73 bits per heavy atom. The molecule has 5 N–H and O–H groups in total. The average Bonchev–Trinajstić information content (AvgIpc) is 2.59. The Morgan fingerprint density at radius 1 is 1.23 bits per heavy atom. The molecule has 0 saturated heterocycles. The quantitative estimate of drug-likeness (QED) is 0.415. The minimum Gasteiger partial charge on any atom is -0.475 e. The molecule has 0 fully saturated rings. The molecule has 8 nitrogen and oxygen atoms in total. The first-order valence-corrected chi connectivity index (χ1v) is 7.21. The normalized spacial score (nSPS) is 12.8. The van der Waals surface area contributed by atoms with Crippen LogP contribution in [0.4, 0.5) is 13.2 Å². The maximum atomic E-state index is 11.7. The summed E-state index contributed by atoms with van der Waals surface area (Å²) in [6, 6.07) is 8.16. The highest BCUT2D eigenvalue weighted by Gasteiger charge is 2.38. The third-order valence-corrected chi connectivity index (χ3v) is 2.84. The molecule has 0 saturated carbocycles. The maximum absolute atomic E-state index is 11.7. The molecule has 0 unspecified atom stereocenters. The molecule has 0 aliphatic carbocycles. The van der Waals surface area contributed by atoms with Gasteiger partial charge in [0.2, 0.25) is 0 Å². The second kappa shape index (κ2) is 11.1. The molecular formula is C15H20F3N3O5. The third-order valence-electron chi connectivity index (χ3n) is 2.84. The number of benzene rings is 1. The van der Waals surface area contributed by atoms with E-state index in [2.05, 4.69) is 15.6 Å². The van der Waals surface area contributed by atoms with Crippen molar-refractivity contribution >= 4 is 17.8 Å². The third kappa shape index (κ3) is 9.59. The number of hydrogen-bond donors (Lipinski definition) is 4. The van der Waals surface area contributed by atoms with Crippen LogP contribution in [-0.2, 0) is 25.5 Å². The van der Waals surface area contributed by atoms with E-state index in [-0.39, 0.29) is 5.91 Å². The lowest BCUT2D eigenvalue weighted by Crippen LogP contribution is -2.52. The van der Waals surface area contributed by atoms with E-state index < -0.39 is 30.2 Å². The highest BCUT2D eigenvalue weighted by Crippen LogP contribution is 2.13. The Morgan fingerprint density at radius 3 is 2.15 bits per heavy atom. The number of esters is 1. The number of hydrogen-bond acceptors (Lipinski definition) is 6. The SMILES string of the molecule is COC(=O)[C@@H](C)NNC(=O)[C@@H](N)Cc1ccccc1.O=C(O)C(F)(F)F. The summed E-state index contributed by atoms with van der Waals surface area (Å²) in [5.41, 5.74) is 11.7. The Labute approximate surface area is 147 Å². The number of carbonyl (C=O) groups excluding carboxylic acids is 2. The molecule has 1 rings (SSSR count). The number of carboxylic acids is 1. The van der Waals surface area contributed by atoms with Crippen LogP contribution in [0, 0.1) is 0 Å². The highest BCUT2D eigenvalue weighted by atomic mass is 19.4. The molecule has 11 heteroatoms. The summed E-state index contributed by atoms with van der Waals surface area (Å²) in [7, 11) is 1.28. The van der Waals surface area contributed by atoms with Gasteiger partial charge in [0, 0.05) is 0 Å². The smallest absolute Gasteiger partial charge is 0.475 e. The van der Waals surface area contributed by atoms with Crippen LogP contribution in [0.5, 0.6) is 0 Å². The summed E-state index contributed by atoms with van der Waals surface area (Å²) >= 11 is 0. The lowest BCUT2D eigenvalue weighted by atomic mass is 10.1. The predicted molar refractivity (Wildman–Crippen MR) is 84.6 cm³/mol. The van der Waals surface area contributed by atoms with Crippen molar-refractivity contribution in [2.75, 3.05) is 7.11 Å². The van der Waals surface area contributed by atoms with Crippen LogP contribution in [-0.4, -0.2) is 48.3 Å². The minimum atomic E-state index is -5.08. The van der Waals surface area contributed by atoms with Crippen LogP contribution in [0.3, 0.4) is 0 Å². The minimum absolute atomic E-state index is 0.375. The van der Waals surface area contributed by atoms with E-state index in [1.807, 2.05) is 30.3 Å². The largest absolute Gasteiger partial charge is 0.490 e. The first kappa shape index (κ1) is 23.3. The van der Waals surface area contributed by atoms with Crippen molar-refractivity contribution in [2.45, 2.75) is 31.6 Å². The lowest BCUT2D eigenvalue weighted by Gasteiger charge is -2.16. The summed E-state index contributed by atoms with van der Waals surface area (Å²) in [4.78, 5) is 31.7. The van der Waals surface area contributed by atoms with E-state index in [4.69, 9.17) is 15.6 Å². The molecule has 2 atom stereocenters. The van der Waals surface area contributed by atoms with Gasteiger partial charge in [-0.25, -0.2) is 10.2 Å². The number of nitrogens with one attached hydrogen (secondary N) is 2.